The summed E-state index contributed by atoms with van der Waals surface area (Å²) in [4.78, 5) is 0. The van der Waals surface area contributed by atoms with Gasteiger partial charge in [-0.2, -0.15) is 10.4 Å². The third kappa shape index (κ3) is 3.55. The number of fused-ring (bicyclic) bond motifs is 1. The van der Waals surface area contributed by atoms with Crippen LogP contribution < -0.4 is 4.74 Å². The van der Waals surface area contributed by atoms with Gasteiger partial charge >= 0.3 is 0 Å². The van der Waals surface area contributed by atoms with Gasteiger partial charge in [0.15, 0.2) is 6.29 Å². The molecule has 1 aromatic carbocycles. The van der Waals surface area contributed by atoms with Gasteiger partial charge in [0, 0.05) is 32.1 Å². The zero-order chi connectivity index (χ0) is 17.9. The Labute approximate surface area is 144 Å². The minimum atomic E-state index is -1.33. The maximum Gasteiger partial charge on any atom is 0.219 e. The number of benzene rings is 1. The molecule has 1 aromatic heterocycles. The van der Waals surface area contributed by atoms with Crippen LogP contribution in [0.25, 0.3) is 10.9 Å². The monoisotopic (exact) mass is 343 g/mol. The fourth-order valence-electron chi connectivity index (χ4n) is 2.72. The quantitative estimate of drug-likeness (QED) is 0.754. The minimum absolute atomic E-state index is 0.289. The average Bonchev–Trinajstić information content (AvgIpc) is 3.01. The highest BCUT2D eigenvalue weighted by atomic mass is 19.1. The van der Waals surface area contributed by atoms with Crippen molar-refractivity contribution >= 4 is 10.9 Å². The third-order valence-electron chi connectivity index (χ3n) is 4.02. The molecule has 25 heavy (non-hydrogen) atoms. The molecule has 1 aliphatic carbocycles. The first kappa shape index (κ1) is 17.1. The number of aromatic nitrogens is 2. The van der Waals surface area contributed by atoms with Crippen LogP contribution in [0.3, 0.4) is 0 Å². The van der Waals surface area contributed by atoms with Gasteiger partial charge in [0.25, 0.3) is 0 Å². The highest BCUT2D eigenvalue weighted by Crippen LogP contribution is 2.30. The summed E-state index contributed by atoms with van der Waals surface area (Å²) in [6.45, 7) is 0.442. The Morgan fingerprint density at radius 1 is 1.40 bits per heavy atom. The lowest BCUT2D eigenvalue weighted by Gasteiger charge is -2.25. The number of methoxy groups -OCH3 is 2. The molecule has 0 saturated heterocycles. The smallest absolute Gasteiger partial charge is 0.219 e. The van der Waals surface area contributed by atoms with Gasteiger partial charge in [-0.15, -0.1) is 0 Å². The van der Waals surface area contributed by atoms with E-state index in [-0.39, 0.29) is 6.42 Å². The second-order valence-electron chi connectivity index (χ2n) is 5.69. The van der Waals surface area contributed by atoms with Crippen molar-refractivity contribution in [1.29, 1.82) is 5.26 Å². The van der Waals surface area contributed by atoms with Crippen LogP contribution >= 0.6 is 0 Å². The summed E-state index contributed by atoms with van der Waals surface area (Å²) in [7, 11) is 3.14. The van der Waals surface area contributed by atoms with Crippen molar-refractivity contribution in [3.05, 3.63) is 48.5 Å². The lowest BCUT2D eigenvalue weighted by Crippen LogP contribution is -2.32. The zero-order valence-corrected chi connectivity index (χ0v) is 14.0. The molecule has 130 valence electrons. The van der Waals surface area contributed by atoms with Crippen LogP contribution in [0.15, 0.2) is 48.5 Å². The molecule has 7 heteroatoms. The largest absolute Gasteiger partial charge is 0.468 e. The van der Waals surface area contributed by atoms with Crippen molar-refractivity contribution in [3.8, 4) is 11.8 Å². The molecule has 2 aromatic rings. The molecule has 1 heterocycles. The molecule has 0 radical (unpaired) electrons. The second kappa shape index (κ2) is 7.05. The summed E-state index contributed by atoms with van der Waals surface area (Å²) in [6, 6.07) is 7.39. The van der Waals surface area contributed by atoms with E-state index in [9.17, 15) is 9.65 Å². The molecule has 0 fully saturated rings. The fourth-order valence-corrected chi connectivity index (χ4v) is 2.72. The van der Waals surface area contributed by atoms with E-state index in [2.05, 4.69) is 5.10 Å². The molecule has 0 N–H and O–H groups in total. The number of ether oxygens (including phenoxy) is 3. The Balaban J connectivity index is 1.85. The van der Waals surface area contributed by atoms with Gasteiger partial charge in [-0.25, -0.2) is 4.39 Å². The molecule has 0 amide bonds. The van der Waals surface area contributed by atoms with E-state index < -0.39 is 17.7 Å². The van der Waals surface area contributed by atoms with Gasteiger partial charge in [-0.3, -0.25) is 4.68 Å². The Hall–Kier alpha value is -2.69. The first-order valence-electron chi connectivity index (χ1n) is 7.75. The summed E-state index contributed by atoms with van der Waals surface area (Å²) in [5, 5.41) is 14.6. The number of allylic oxidation sites excluding steroid dienone is 2. The predicted molar refractivity (Wildman–Crippen MR) is 89.5 cm³/mol. The summed E-state index contributed by atoms with van der Waals surface area (Å²) in [5.41, 5.74) is -0.456. The summed E-state index contributed by atoms with van der Waals surface area (Å²) in [5.74, 6) is -0.00477. The van der Waals surface area contributed by atoms with Gasteiger partial charge in [-0.05, 0) is 24.3 Å². The number of hydrogen-bond donors (Lipinski definition) is 0. The summed E-state index contributed by atoms with van der Waals surface area (Å²) < 4.78 is 31.5. The first-order chi connectivity index (χ1) is 12.1. The Kier molecular flexibility index (Phi) is 4.83. The van der Waals surface area contributed by atoms with Crippen molar-refractivity contribution < 1.29 is 18.6 Å². The molecule has 0 spiro atoms. The SMILES string of the molecule is COC(Cn1ncc2cc(OC3(C#N)C=C(F)C=CC3)ccc21)OC. The number of hydrogen-bond acceptors (Lipinski definition) is 5. The number of nitriles is 1. The van der Waals surface area contributed by atoms with Crippen molar-refractivity contribution in [2.75, 3.05) is 14.2 Å². The van der Waals surface area contributed by atoms with Crippen LogP contribution in [0.1, 0.15) is 6.42 Å². The molecule has 1 atom stereocenters. The fraction of sp³-hybridized carbons (Fsp3) is 0.333. The highest BCUT2D eigenvalue weighted by molar-refractivity contribution is 5.80. The number of rotatable bonds is 6. The molecule has 1 aliphatic rings. The maximum absolute atomic E-state index is 13.5. The highest BCUT2D eigenvalue weighted by Gasteiger charge is 2.31. The standard InChI is InChI=1S/C18H18FN3O3/c1-23-17(24-2)11-22-16-6-5-15(8-13(16)10-21-22)25-18(12-20)7-3-4-14(19)9-18/h3-6,8-10,17H,7,11H2,1-2H3. The minimum Gasteiger partial charge on any atom is -0.468 e. The zero-order valence-electron chi connectivity index (χ0n) is 14.0. The van der Waals surface area contributed by atoms with Crippen LogP contribution in [-0.2, 0) is 16.0 Å². The van der Waals surface area contributed by atoms with Gasteiger partial charge in [-0.1, -0.05) is 6.08 Å². The average molecular weight is 343 g/mol. The van der Waals surface area contributed by atoms with Crippen molar-refractivity contribution in [2.24, 2.45) is 0 Å². The van der Waals surface area contributed by atoms with Crippen LogP contribution in [-0.4, -0.2) is 35.9 Å². The van der Waals surface area contributed by atoms with E-state index in [1.807, 2.05) is 12.1 Å². The Morgan fingerprint density at radius 3 is 2.88 bits per heavy atom. The molecule has 0 saturated carbocycles. The number of nitrogens with zero attached hydrogens (tertiary/aromatic N) is 3. The second-order valence-corrected chi connectivity index (χ2v) is 5.69. The van der Waals surface area contributed by atoms with Crippen LogP contribution in [0.5, 0.6) is 5.75 Å². The topological polar surface area (TPSA) is 69.3 Å². The lowest BCUT2D eigenvalue weighted by atomic mass is 9.96. The van der Waals surface area contributed by atoms with Crippen LogP contribution in [0, 0.1) is 11.3 Å². The molecule has 0 bridgehead atoms. The Morgan fingerprint density at radius 2 is 2.20 bits per heavy atom. The lowest BCUT2D eigenvalue weighted by molar-refractivity contribution is -0.111. The van der Waals surface area contributed by atoms with E-state index in [1.54, 1.807) is 43.3 Å². The van der Waals surface area contributed by atoms with E-state index in [0.29, 0.717) is 12.3 Å². The normalized spacial score (nSPS) is 19.9. The van der Waals surface area contributed by atoms with Gasteiger partial charge < -0.3 is 14.2 Å². The Bertz CT molecular complexity index is 864. The summed E-state index contributed by atoms with van der Waals surface area (Å²) in [6.07, 6.45) is 5.70. The molecule has 1 unspecified atom stereocenters. The molecule has 0 aliphatic heterocycles. The van der Waals surface area contributed by atoms with E-state index >= 15 is 0 Å². The van der Waals surface area contributed by atoms with Crippen LogP contribution in [0.2, 0.25) is 0 Å². The van der Waals surface area contributed by atoms with Crippen molar-refractivity contribution in [2.45, 2.75) is 24.9 Å². The molecular weight excluding hydrogens is 325 g/mol. The maximum atomic E-state index is 13.5. The first-order valence-corrected chi connectivity index (χ1v) is 7.75. The van der Waals surface area contributed by atoms with E-state index in [4.69, 9.17) is 14.2 Å². The molecular formula is C18H18FN3O3. The molecule has 3 rings (SSSR count). The van der Waals surface area contributed by atoms with Gasteiger partial charge in [0.05, 0.1) is 18.3 Å². The van der Waals surface area contributed by atoms with Crippen molar-refractivity contribution in [3.63, 3.8) is 0 Å². The third-order valence-corrected chi connectivity index (χ3v) is 4.02. The van der Waals surface area contributed by atoms with Gasteiger partial charge in [0.1, 0.15) is 17.6 Å². The van der Waals surface area contributed by atoms with Gasteiger partial charge in [0.2, 0.25) is 5.60 Å². The number of halogens is 1. The van der Waals surface area contributed by atoms with E-state index in [1.165, 1.54) is 12.2 Å². The van der Waals surface area contributed by atoms with Crippen molar-refractivity contribution in [1.82, 2.24) is 9.78 Å². The summed E-state index contributed by atoms with van der Waals surface area (Å²) >= 11 is 0. The predicted octanol–water partition coefficient (Wildman–Crippen LogP) is 3.11. The molecule has 6 nitrogen and oxygen atoms in total. The van der Waals surface area contributed by atoms with Crippen LogP contribution in [0.4, 0.5) is 4.39 Å². The van der Waals surface area contributed by atoms with E-state index in [0.717, 1.165) is 10.9 Å².